The van der Waals surface area contributed by atoms with Crippen molar-refractivity contribution in [2.45, 2.75) is 0 Å². The van der Waals surface area contributed by atoms with E-state index in [1.165, 1.54) is 24.3 Å². The number of para-hydroxylation sites is 1. The van der Waals surface area contributed by atoms with Gasteiger partial charge < -0.3 is 10.2 Å². The third-order valence-electron chi connectivity index (χ3n) is 1.12. The van der Waals surface area contributed by atoms with Crippen LogP contribution in [-0.2, 0) is 0 Å². The number of carboxylic acid groups (broad SMARTS) is 1. The van der Waals surface area contributed by atoms with Gasteiger partial charge in [-0.1, -0.05) is 23.9 Å². The van der Waals surface area contributed by atoms with E-state index in [9.17, 15) is 9.90 Å². The molecule has 0 unspecified atom stereocenters. The minimum atomic E-state index is -1.18. The lowest BCUT2D eigenvalue weighted by Gasteiger charge is -2.07. The molecule has 0 fully saturated rings. The molecule has 60 valence electrons. The molecule has 0 spiro atoms. The Hall–Kier alpha value is -1.16. The zero-order valence-corrected chi connectivity index (χ0v) is 6.57. The average Bonchev–Trinajstić information content (AvgIpc) is 1.88. The van der Waals surface area contributed by atoms with E-state index in [4.69, 9.17) is 5.11 Å². The third-order valence-corrected chi connectivity index (χ3v) is 1.12. The highest BCUT2D eigenvalue weighted by Crippen LogP contribution is 2.10. The summed E-state index contributed by atoms with van der Waals surface area (Å²) in [6.45, 7) is 0. The molecule has 4 heteroatoms. The fraction of sp³-hybridized carbons (Fsp3) is 0. The van der Waals surface area contributed by atoms with Crippen LogP contribution < -0.4 is 5.11 Å². The highest BCUT2D eigenvalue weighted by atomic mass is 32.1. The zero-order valence-electron chi connectivity index (χ0n) is 5.57. The van der Waals surface area contributed by atoms with Crippen LogP contribution in [0.15, 0.2) is 24.3 Å². The molecule has 0 aromatic heterocycles. The Kier molecular flexibility index (Phi) is 3.47. The number of hydrogen-bond acceptors (Lipinski definition) is 2. The molecule has 11 heavy (non-hydrogen) atoms. The molecule has 1 aromatic carbocycles. The van der Waals surface area contributed by atoms with E-state index in [0.29, 0.717) is 0 Å². The fourth-order valence-corrected chi connectivity index (χ4v) is 0.643. The number of benzene rings is 1. The average molecular weight is 171 g/mol. The largest absolute Gasteiger partial charge is 0.872 e. The lowest BCUT2D eigenvalue weighted by atomic mass is 10.2. The first-order chi connectivity index (χ1) is 4.72. The van der Waals surface area contributed by atoms with Gasteiger partial charge in [-0.2, -0.15) is 13.5 Å². The Morgan fingerprint density at radius 3 is 2.27 bits per heavy atom. The molecular weight excluding hydrogens is 164 g/mol. The topological polar surface area (TPSA) is 60.4 Å². The molecule has 0 radical (unpaired) electrons. The molecule has 0 saturated heterocycles. The van der Waals surface area contributed by atoms with Gasteiger partial charge in [-0.3, -0.25) is 0 Å². The predicted molar refractivity (Wildman–Crippen MR) is 43.2 cm³/mol. The molecule has 0 aliphatic carbocycles. The van der Waals surface area contributed by atoms with Crippen molar-refractivity contribution >= 4 is 19.5 Å². The first kappa shape index (κ1) is 9.84. The predicted octanol–water partition coefficient (Wildman–Crippen LogP) is 0.571. The molecule has 1 aromatic rings. The monoisotopic (exact) mass is 171 g/mol. The summed E-state index contributed by atoms with van der Waals surface area (Å²) in [5.41, 5.74) is -0.178. The molecule has 0 saturated carbocycles. The van der Waals surface area contributed by atoms with E-state index in [2.05, 4.69) is 0 Å². The second-order valence-electron chi connectivity index (χ2n) is 1.80. The number of rotatable bonds is 1. The van der Waals surface area contributed by atoms with Gasteiger partial charge in [-0.15, -0.1) is 0 Å². The Balaban J connectivity index is 0.000001000. The smallest absolute Gasteiger partial charge is 0.335 e. The number of carboxylic acids is 1. The van der Waals surface area contributed by atoms with Gasteiger partial charge >= 0.3 is 5.97 Å². The quantitative estimate of drug-likeness (QED) is 0.672. The Morgan fingerprint density at radius 2 is 1.91 bits per heavy atom. The highest BCUT2D eigenvalue weighted by molar-refractivity contribution is 7.59. The first-order valence-electron chi connectivity index (χ1n) is 2.71. The van der Waals surface area contributed by atoms with Gasteiger partial charge in [0.25, 0.3) is 0 Å². The van der Waals surface area contributed by atoms with Gasteiger partial charge in [0.05, 0.1) is 5.56 Å². The highest BCUT2D eigenvalue weighted by Gasteiger charge is 1.99. The van der Waals surface area contributed by atoms with Crippen LogP contribution in [-0.4, -0.2) is 11.1 Å². The van der Waals surface area contributed by atoms with Crippen molar-refractivity contribution in [3.8, 4) is 5.75 Å². The summed E-state index contributed by atoms with van der Waals surface area (Å²) in [6, 6.07) is 5.54. The Labute approximate surface area is 70.7 Å². The molecule has 1 rings (SSSR count). The Bertz CT molecular complexity index is 260. The van der Waals surface area contributed by atoms with Crippen molar-refractivity contribution in [2.24, 2.45) is 0 Å². The normalized spacial score (nSPS) is 8.36. The van der Waals surface area contributed by atoms with Crippen LogP contribution in [0.4, 0.5) is 0 Å². The van der Waals surface area contributed by atoms with Gasteiger partial charge in [0, 0.05) is 0 Å². The summed E-state index contributed by atoms with van der Waals surface area (Å²) < 4.78 is 0. The second kappa shape index (κ2) is 3.88. The molecule has 0 heterocycles. The lowest BCUT2D eigenvalue weighted by Crippen LogP contribution is -2.02. The van der Waals surface area contributed by atoms with Crippen molar-refractivity contribution in [3.63, 3.8) is 0 Å². The van der Waals surface area contributed by atoms with E-state index >= 15 is 0 Å². The van der Waals surface area contributed by atoms with Crippen molar-refractivity contribution in [1.29, 1.82) is 0 Å². The molecule has 0 bridgehead atoms. The molecule has 1 N–H and O–H groups in total. The van der Waals surface area contributed by atoms with Gasteiger partial charge in [-0.25, -0.2) is 4.79 Å². The van der Waals surface area contributed by atoms with Crippen molar-refractivity contribution in [1.82, 2.24) is 0 Å². The van der Waals surface area contributed by atoms with Crippen molar-refractivity contribution in [2.75, 3.05) is 0 Å². The van der Waals surface area contributed by atoms with Gasteiger partial charge in [-0.05, 0) is 6.07 Å². The lowest BCUT2D eigenvalue weighted by molar-refractivity contribution is -0.268. The summed E-state index contributed by atoms with van der Waals surface area (Å²) in [6.07, 6.45) is 0. The van der Waals surface area contributed by atoms with Crippen LogP contribution in [0.3, 0.4) is 0 Å². The van der Waals surface area contributed by atoms with E-state index in [0.717, 1.165) is 0 Å². The summed E-state index contributed by atoms with van der Waals surface area (Å²) in [5, 5.41) is 19.0. The maximum Gasteiger partial charge on any atom is 0.335 e. The fourth-order valence-electron chi connectivity index (χ4n) is 0.643. The van der Waals surface area contributed by atoms with E-state index < -0.39 is 11.7 Å². The van der Waals surface area contributed by atoms with Crippen LogP contribution >= 0.6 is 13.5 Å². The minimum absolute atomic E-state index is 0. The molecule has 0 amide bonds. The molecule has 0 aliphatic rings. The van der Waals surface area contributed by atoms with Crippen LogP contribution in [0.2, 0.25) is 0 Å². The molecule has 0 aliphatic heterocycles. The zero-order chi connectivity index (χ0) is 7.56. The summed E-state index contributed by atoms with van der Waals surface area (Å²) >= 11 is 0. The number of hydrogen-bond donors (Lipinski definition) is 1. The molecule has 3 nitrogen and oxygen atoms in total. The summed E-state index contributed by atoms with van der Waals surface area (Å²) in [4.78, 5) is 10.2. The summed E-state index contributed by atoms with van der Waals surface area (Å²) in [7, 11) is 0. The van der Waals surface area contributed by atoms with E-state index in [-0.39, 0.29) is 19.1 Å². The second-order valence-corrected chi connectivity index (χ2v) is 1.80. The number of aromatic carboxylic acids is 1. The first-order valence-corrected chi connectivity index (χ1v) is 2.71. The van der Waals surface area contributed by atoms with E-state index in [1.807, 2.05) is 0 Å². The SMILES string of the molecule is O=C(O)c1ccccc1[O-].S. The Morgan fingerprint density at radius 1 is 1.36 bits per heavy atom. The van der Waals surface area contributed by atoms with E-state index in [1.54, 1.807) is 0 Å². The van der Waals surface area contributed by atoms with Crippen LogP contribution in [0, 0.1) is 0 Å². The van der Waals surface area contributed by atoms with Crippen molar-refractivity contribution in [3.05, 3.63) is 29.8 Å². The standard InChI is InChI=1S/C7H6O3.H2S/c8-6-4-2-1-3-5(6)7(9)10;/h1-4,8H,(H,9,10);1H2/p-1. The van der Waals surface area contributed by atoms with Crippen LogP contribution in [0.5, 0.6) is 5.75 Å². The number of carbonyl (C=O) groups is 1. The minimum Gasteiger partial charge on any atom is -0.872 e. The van der Waals surface area contributed by atoms with Gasteiger partial charge in [0.1, 0.15) is 0 Å². The van der Waals surface area contributed by atoms with Crippen LogP contribution in [0.1, 0.15) is 10.4 Å². The maximum absolute atomic E-state index is 10.7. The van der Waals surface area contributed by atoms with Gasteiger partial charge in [0.2, 0.25) is 0 Å². The maximum atomic E-state index is 10.7. The van der Waals surface area contributed by atoms with Gasteiger partial charge in [0.15, 0.2) is 0 Å². The summed E-state index contributed by atoms with van der Waals surface area (Å²) in [5.74, 6) is -1.62. The third kappa shape index (κ3) is 2.16. The molecule has 0 atom stereocenters. The van der Waals surface area contributed by atoms with Crippen molar-refractivity contribution < 1.29 is 15.0 Å². The molecular formula is C7H7O3S-. The van der Waals surface area contributed by atoms with Crippen LogP contribution in [0.25, 0.3) is 0 Å².